The molecular formula is C20H20N4OS. The zero-order valence-corrected chi connectivity index (χ0v) is 15.2. The average molecular weight is 364 g/mol. The fourth-order valence-corrected chi connectivity index (χ4v) is 3.70. The zero-order valence-electron chi connectivity index (χ0n) is 14.4. The third-order valence-electron chi connectivity index (χ3n) is 4.45. The molecule has 0 atom stereocenters. The van der Waals surface area contributed by atoms with Gasteiger partial charge >= 0.3 is 0 Å². The second-order valence-electron chi connectivity index (χ2n) is 6.35. The fourth-order valence-electron chi connectivity index (χ4n) is 3.05. The molecule has 1 aliphatic heterocycles. The lowest BCUT2D eigenvalue weighted by atomic mass is 10.2. The van der Waals surface area contributed by atoms with Gasteiger partial charge in [0.25, 0.3) is 0 Å². The molecule has 0 aliphatic carbocycles. The molecule has 0 spiro atoms. The van der Waals surface area contributed by atoms with E-state index in [-0.39, 0.29) is 5.91 Å². The van der Waals surface area contributed by atoms with Gasteiger partial charge in [-0.25, -0.2) is 9.97 Å². The number of nitrogens with one attached hydrogen (secondary N) is 1. The predicted octanol–water partition coefficient (Wildman–Crippen LogP) is 3.23. The van der Waals surface area contributed by atoms with Crippen LogP contribution >= 0.6 is 11.3 Å². The van der Waals surface area contributed by atoms with Crippen molar-refractivity contribution < 1.29 is 4.79 Å². The minimum absolute atomic E-state index is 0.0883. The van der Waals surface area contributed by atoms with E-state index >= 15 is 0 Å². The highest BCUT2D eigenvalue weighted by atomic mass is 32.1. The van der Waals surface area contributed by atoms with Crippen molar-refractivity contribution in [3.8, 4) is 11.4 Å². The number of carbonyl (C=O) groups excluding carboxylic acids is 1. The molecule has 0 radical (unpaired) electrons. The number of aromatic nitrogens is 2. The molecule has 1 aliphatic rings. The summed E-state index contributed by atoms with van der Waals surface area (Å²) in [5.41, 5.74) is 3.25. The van der Waals surface area contributed by atoms with Crippen molar-refractivity contribution in [3.63, 3.8) is 0 Å². The van der Waals surface area contributed by atoms with E-state index in [2.05, 4.69) is 15.2 Å². The topological polar surface area (TPSA) is 58.1 Å². The van der Waals surface area contributed by atoms with E-state index < -0.39 is 0 Å². The molecule has 1 amide bonds. The van der Waals surface area contributed by atoms with Crippen molar-refractivity contribution >= 4 is 17.2 Å². The van der Waals surface area contributed by atoms with Crippen LogP contribution in [0.4, 0.5) is 0 Å². The maximum absolute atomic E-state index is 12.0. The zero-order chi connectivity index (χ0) is 17.8. The Morgan fingerprint density at radius 2 is 2.04 bits per heavy atom. The van der Waals surface area contributed by atoms with Gasteiger partial charge in [0, 0.05) is 48.3 Å². The Morgan fingerprint density at radius 1 is 1.15 bits per heavy atom. The molecule has 0 saturated carbocycles. The van der Waals surface area contributed by atoms with Crippen LogP contribution < -0.4 is 5.32 Å². The van der Waals surface area contributed by atoms with Crippen molar-refractivity contribution in [2.75, 3.05) is 6.54 Å². The van der Waals surface area contributed by atoms with E-state index in [9.17, 15) is 4.79 Å². The number of amides is 1. The Labute approximate surface area is 156 Å². The van der Waals surface area contributed by atoms with Gasteiger partial charge in [0.05, 0.1) is 12.2 Å². The lowest BCUT2D eigenvalue weighted by Gasteiger charge is -2.13. The molecule has 0 fully saturated rings. The molecule has 1 aromatic carbocycles. The van der Waals surface area contributed by atoms with E-state index in [1.807, 2.05) is 54.0 Å². The van der Waals surface area contributed by atoms with Crippen molar-refractivity contribution in [2.45, 2.75) is 26.1 Å². The summed E-state index contributed by atoms with van der Waals surface area (Å²) in [7, 11) is 0. The summed E-state index contributed by atoms with van der Waals surface area (Å²) in [5, 5.41) is 5.00. The summed E-state index contributed by atoms with van der Waals surface area (Å²) < 4.78 is 0. The summed E-state index contributed by atoms with van der Waals surface area (Å²) in [6, 6.07) is 14.0. The Kier molecular flexibility index (Phi) is 5.04. The van der Waals surface area contributed by atoms with Crippen LogP contribution in [0, 0.1) is 0 Å². The van der Waals surface area contributed by atoms with Crippen LogP contribution in [0.15, 0.2) is 54.0 Å². The largest absolute Gasteiger partial charge is 0.351 e. The lowest BCUT2D eigenvalue weighted by molar-refractivity contribution is -0.121. The van der Waals surface area contributed by atoms with Gasteiger partial charge in [-0.05, 0) is 11.4 Å². The van der Waals surface area contributed by atoms with Crippen LogP contribution in [0.25, 0.3) is 11.4 Å². The average Bonchev–Trinajstić information content (AvgIpc) is 3.34. The van der Waals surface area contributed by atoms with Crippen LogP contribution in [-0.2, 0) is 24.4 Å². The van der Waals surface area contributed by atoms with Crippen LogP contribution in [0.3, 0.4) is 0 Å². The second-order valence-corrected chi connectivity index (χ2v) is 7.38. The predicted molar refractivity (Wildman–Crippen MR) is 102 cm³/mol. The highest BCUT2D eigenvalue weighted by Gasteiger charge is 2.21. The lowest BCUT2D eigenvalue weighted by Crippen LogP contribution is -2.27. The van der Waals surface area contributed by atoms with Gasteiger partial charge in [0.15, 0.2) is 5.82 Å². The molecule has 0 saturated heterocycles. The second kappa shape index (κ2) is 7.76. The van der Waals surface area contributed by atoms with Crippen molar-refractivity contribution in [3.05, 3.63) is 70.2 Å². The molecule has 132 valence electrons. The Hall–Kier alpha value is -2.57. The summed E-state index contributed by atoms with van der Waals surface area (Å²) in [4.78, 5) is 24.7. The quantitative estimate of drug-likeness (QED) is 0.730. The standard InChI is InChI=1S/C20H20N4OS/c25-19(21-12-17-7-4-10-26-17)8-9-24-13-16-11-22-20(23-18(16)14-24)15-5-2-1-3-6-15/h1-7,10-11H,8-9,12-14H2,(H,21,25). The van der Waals surface area contributed by atoms with Gasteiger partial charge < -0.3 is 5.32 Å². The number of benzene rings is 1. The molecule has 6 heteroatoms. The molecule has 1 N–H and O–H groups in total. The van der Waals surface area contributed by atoms with Crippen LogP contribution in [0.5, 0.6) is 0 Å². The first kappa shape index (κ1) is 16.9. The maximum atomic E-state index is 12.0. The Balaban J connectivity index is 1.30. The first-order valence-corrected chi connectivity index (χ1v) is 9.57. The van der Waals surface area contributed by atoms with Crippen molar-refractivity contribution in [2.24, 2.45) is 0 Å². The number of carbonyl (C=O) groups is 1. The summed E-state index contributed by atoms with van der Waals surface area (Å²) in [6.07, 6.45) is 2.42. The number of nitrogens with zero attached hydrogens (tertiary/aromatic N) is 3. The van der Waals surface area contributed by atoms with E-state index in [1.54, 1.807) is 11.3 Å². The van der Waals surface area contributed by atoms with E-state index in [0.717, 1.165) is 42.3 Å². The molecule has 4 rings (SSSR count). The summed E-state index contributed by atoms with van der Waals surface area (Å²) >= 11 is 1.66. The van der Waals surface area contributed by atoms with Crippen molar-refractivity contribution in [1.29, 1.82) is 0 Å². The summed E-state index contributed by atoms with van der Waals surface area (Å²) in [5.74, 6) is 0.852. The smallest absolute Gasteiger partial charge is 0.221 e. The molecule has 3 aromatic rings. The molecule has 0 unspecified atom stereocenters. The first-order chi connectivity index (χ1) is 12.8. The van der Waals surface area contributed by atoms with Gasteiger partial charge in [-0.15, -0.1) is 11.3 Å². The van der Waals surface area contributed by atoms with E-state index in [1.165, 1.54) is 4.88 Å². The minimum atomic E-state index is 0.0883. The first-order valence-electron chi connectivity index (χ1n) is 8.69. The molecule has 26 heavy (non-hydrogen) atoms. The van der Waals surface area contributed by atoms with Crippen LogP contribution in [0.1, 0.15) is 22.6 Å². The van der Waals surface area contributed by atoms with Crippen LogP contribution in [-0.4, -0.2) is 27.3 Å². The van der Waals surface area contributed by atoms with Gasteiger partial charge in [0.1, 0.15) is 0 Å². The molecule has 5 nitrogen and oxygen atoms in total. The molecular weight excluding hydrogens is 344 g/mol. The number of thiophene rings is 1. The highest BCUT2D eigenvalue weighted by Crippen LogP contribution is 2.23. The van der Waals surface area contributed by atoms with Gasteiger partial charge in [0.2, 0.25) is 5.91 Å². The minimum Gasteiger partial charge on any atom is -0.351 e. The molecule has 0 bridgehead atoms. The van der Waals surface area contributed by atoms with E-state index in [4.69, 9.17) is 4.98 Å². The van der Waals surface area contributed by atoms with Gasteiger partial charge in [-0.3, -0.25) is 9.69 Å². The normalized spacial score (nSPS) is 13.5. The van der Waals surface area contributed by atoms with Gasteiger partial charge in [-0.1, -0.05) is 36.4 Å². The third-order valence-corrected chi connectivity index (χ3v) is 5.32. The van der Waals surface area contributed by atoms with Crippen LogP contribution in [0.2, 0.25) is 0 Å². The summed E-state index contributed by atoms with van der Waals surface area (Å²) in [6.45, 7) is 2.93. The highest BCUT2D eigenvalue weighted by molar-refractivity contribution is 7.09. The monoisotopic (exact) mass is 364 g/mol. The third kappa shape index (κ3) is 3.98. The number of hydrogen-bond acceptors (Lipinski definition) is 5. The maximum Gasteiger partial charge on any atom is 0.221 e. The molecule has 2 aromatic heterocycles. The Morgan fingerprint density at radius 3 is 2.85 bits per heavy atom. The molecule has 3 heterocycles. The SMILES string of the molecule is O=C(CCN1Cc2cnc(-c3ccccc3)nc2C1)NCc1cccs1. The van der Waals surface area contributed by atoms with E-state index in [0.29, 0.717) is 13.0 Å². The van der Waals surface area contributed by atoms with Crippen molar-refractivity contribution in [1.82, 2.24) is 20.2 Å². The fraction of sp³-hybridized carbons (Fsp3) is 0.250. The number of hydrogen-bond donors (Lipinski definition) is 1. The number of rotatable bonds is 6. The Bertz CT molecular complexity index is 880. The number of fused-ring (bicyclic) bond motifs is 1. The van der Waals surface area contributed by atoms with Gasteiger partial charge in [-0.2, -0.15) is 0 Å².